The van der Waals surface area contributed by atoms with Crippen LogP contribution in [0.1, 0.15) is 50.3 Å². The third-order valence-corrected chi connectivity index (χ3v) is 5.56. The summed E-state index contributed by atoms with van der Waals surface area (Å²) in [5.41, 5.74) is 0.558. The molecule has 0 radical (unpaired) electrons. The number of aromatic nitrogens is 2. The lowest BCUT2D eigenvalue weighted by Gasteiger charge is -2.11. The zero-order valence-electron chi connectivity index (χ0n) is 9.94. The number of hydrogen-bond acceptors (Lipinski definition) is 3. The van der Waals surface area contributed by atoms with Crippen molar-refractivity contribution in [3.05, 3.63) is 10.8 Å². The molecule has 0 aliphatic heterocycles. The Labute approximate surface area is 116 Å². The maximum absolute atomic E-state index is 11.7. The van der Waals surface area contributed by atoms with Gasteiger partial charge in [-0.15, -0.1) is 0 Å². The van der Waals surface area contributed by atoms with Gasteiger partial charge >= 0.3 is 0 Å². The van der Waals surface area contributed by atoms with Crippen LogP contribution in [-0.4, -0.2) is 18.2 Å². The molecule has 1 heterocycles. The largest absolute Gasteiger partial charge is 0.266 e. The zero-order valence-corrected chi connectivity index (χ0v) is 12.3. The lowest BCUT2D eigenvalue weighted by molar-refractivity contribution is 0.437. The maximum Gasteiger partial charge on any atom is 0.266 e. The van der Waals surface area contributed by atoms with Crippen molar-refractivity contribution in [1.82, 2.24) is 9.78 Å². The van der Waals surface area contributed by atoms with Crippen molar-refractivity contribution in [2.24, 2.45) is 5.92 Å². The average Bonchev–Trinajstić information content (AvgIpc) is 3.12. The summed E-state index contributed by atoms with van der Waals surface area (Å²) in [6.45, 7) is 2.03. The molecule has 1 atom stereocenters. The predicted octanol–water partition coefficient (Wildman–Crippen LogP) is 3.31. The molecule has 100 valence electrons. The van der Waals surface area contributed by atoms with Crippen molar-refractivity contribution in [1.29, 1.82) is 0 Å². The molecule has 1 aromatic heterocycles. The van der Waals surface area contributed by atoms with E-state index in [-0.39, 0.29) is 22.0 Å². The van der Waals surface area contributed by atoms with Crippen molar-refractivity contribution < 1.29 is 8.42 Å². The molecule has 7 heteroatoms. The Morgan fingerprint density at radius 2 is 1.94 bits per heavy atom. The van der Waals surface area contributed by atoms with Crippen LogP contribution in [0, 0.1) is 5.92 Å². The van der Waals surface area contributed by atoms with Gasteiger partial charge < -0.3 is 0 Å². The highest BCUT2D eigenvalue weighted by molar-refractivity contribution is 8.13. The van der Waals surface area contributed by atoms with E-state index in [4.69, 9.17) is 22.3 Å². The second kappa shape index (κ2) is 4.12. The lowest BCUT2D eigenvalue weighted by atomic mass is 10.2. The Morgan fingerprint density at radius 1 is 1.33 bits per heavy atom. The van der Waals surface area contributed by atoms with Gasteiger partial charge in [0.15, 0.2) is 0 Å². The van der Waals surface area contributed by atoms with Gasteiger partial charge in [-0.2, -0.15) is 5.10 Å². The van der Waals surface area contributed by atoms with E-state index in [0.29, 0.717) is 11.6 Å². The van der Waals surface area contributed by atoms with E-state index >= 15 is 0 Å². The number of nitrogens with zero attached hydrogens (tertiary/aromatic N) is 2. The van der Waals surface area contributed by atoms with E-state index in [1.807, 2.05) is 6.92 Å². The Balaban J connectivity index is 2.11. The summed E-state index contributed by atoms with van der Waals surface area (Å²) >= 11 is 6.19. The maximum atomic E-state index is 11.7. The fraction of sp³-hybridized carbons (Fsp3) is 0.727. The first kappa shape index (κ1) is 12.8. The van der Waals surface area contributed by atoms with Gasteiger partial charge in [-0.1, -0.05) is 11.6 Å². The van der Waals surface area contributed by atoms with Crippen LogP contribution in [0.25, 0.3) is 0 Å². The topological polar surface area (TPSA) is 52.0 Å². The van der Waals surface area contributed by atoms with Gasteiger partial charge in [-0.3, -0.25) is 0 Å². The van der Waals surface area contributed by atoms with Gasteiger partial charge in [0.25, 0.3) is 9.05 Å². The van der Waals surface area contributed by atoms with E-state index in [2.05, 4.69) is 5.10 Å². The molecule has 0 spiro atoms. The lowest BCUT2D eigenvalue weighted by Crippen LogP contribution is -2.09. The van der Waals surface area contributed by atoms with Crippen molar-refractivity contribution in [2.75, 3.05) is 0 Å². The van der Waals surface area contributed by atoms with Gasteiger partial charge in [-0.05, 0) is 38.5 Å². The summed E-state index contributed by atoms with van der Waals surface area (Å²) in [4.78, 5) is 0.0285. The number of halogens is 2. The van der Waals surface area contributed by atoms with Crippen molar-refractivity contribution >= 4 is 31.3 Å². The van der Waals surface area contributed by atoms with Crippen LogP contribution in [0.2, 0.25) is 5.15 Å². The molecule has 3 rings (SSSR count). The average molecular weight is 309 g/mol. The van der Waals surface area contributed by atoms with Gasteiger partial charge in [0.2, 0.25) is 0 Å². The molecule has 0 aromatic carbocycles. The second-order valence-electron chi connectivity index (χ2n) is 5.24. The molecule has 18 heavy (non-hydrogen) atoms. The summed E-state index contributed by atoms with van der Waals surface area (Å²) in [6, 6.07) is 0.141. The standard InChI is InChI=1S/C11H14Cl2N2O2S/c1-6(7-2-3-7)15-11(12)10(18(13,16)17)9(14-15)8-4-5-8/h6-8H,2-5H2,1H3. The summed E-state index contributed by atoms with van der Waals surface area (Å²) in [5, 5.41) is 4.59. The van der Waals surface area contributed by atoms with Crippen LogP contribution in [-0.2, 0) is 9.05 Å². The third-order valence-electron chi connectivity index (χ3n) is 3.73. The minimum absolute atomic E-state index is 0.0285. The van der Waals surface area contributed by atoms with Gasteiger partial charge in [0, 0.05) is 16.6 Å². The van der Waals surface area contributed by atoms with E-state index in [1.54, 1.807) is 4.68 Å². The second-order valence-corrected chi connectivity index (χ2v) is 8.10. The summed E-state index contributed by atoms with van der Waals surface area (Å²) in [7, 11) is 1.66. The monoisotopic (exact) mass is 308 g/mol. The molecular formula is C11H14Cl2N2O2S. The zero-order chi connectivity index (χ0) is 13.1. The van der Waals surface area contributed by atoms with Crippen LogP contribution in [0.15, 0.2) is 4.90 Å². The highest BCUT2D eigenvalue weighted by Crippen LogP contribution is 2.47. The van der Waals surface area contributed by atoms with E-state index < -0.39 is 9.05 Å². The Kier molecular flexibility index (Phi) is 2.92. The summed E-state index contributed by atoms with van der Waals surface area (Å²) in [5.74, 6) is 0.763. The summed E-state index contributed by atoms with van der Waals surface area (Å²) < 4.78 is 25.0. The molecule has 0 amide bonds. The molecule has 0 bridgehead atoms. The first-order valence-corrected chi connectivity index (χ1v) is 8.81. The van der Waals surface area contributed by atoms with Crippen LogP contribution < -0.4 is 0 Å². The fourth-order valence-electron chi connectivity index (χ4n) is 2.31. The first-order valence-electron chi connectivity index (χ1n) is 6.12. The number of rotatable bonds is 4. The molecule has 4 nitrogen and oxygen atoms in total. The van der Waals surface area contributed by atoms with Crippen molar-refractivity contribution in [2.45, 2.75) is 49.5 Å². The van der Waals surface area contributed by atoms with Crippen LogP contribution in [0.5, 0.6) is 0 Å². The van der Waals surface area contributed by atoms with Gasteiger partial charge in [-0.25, -0.2) is 13.1 Å². The molecule has 2 saturated carbocycles. The number of hydrogen-bond donors (Lipinski definition) is 0. The Bertz CT molecular complexity index is 588. The molecule has 0 N–H and O–H groups in total. The minimum atomic E-state index is -3.83. The van der Waals surface area contributed by atoms with Crippen LogP contribution in [0.3, 0.4) is 0 Å². The highest BCUT2D eigenvalue weighted by Gasteiger charge is 2.39. The van der Waals surface area contributed by atoms with E-state index in [9.17, 15) is 8.42 Å². The van der Waals surface area contributed by atoms with Gasteiger partial charge in [0.1, 0.15) is 10.0 Å². The smallest absolute Gasteiger partial charge is 0.249 e. The highest BCUT2D eigenvalue weighted by atomic mass is 35.7. The van der Waals surface area contributed by atoms with Crippen molar-refractivity contribution in [3.63, 3.8) is 0 Å². The molecular weight excluding hydrogens is 295 g/mol. The van der Waals surface area contributed by atoms with Gasteiger partial charge in [0.05, 0.1) is 11.7 Å². The predicted molar refractivity (Wildman–Crippen MR) is 69.7 cm³/mol. The van der Waals surface area contributed by atoms with Crippen molar-refractivity contribution in [3.8, 4) is 0 Å². The third kappa shape index (κ3) is 2.17. The molecule has 0 saturated heterocycles. The molecule has 2 fully saturated rings. The first-order chi connectivity index (χ1) is 8.39. The quantitative estimate of drug-likeness (QED) is 0.802. The minimum Gasteiger partial charge on any atom is -0.249 e. The van der Waals surface area contributed by atoms with E-state index in [1.165, 1.54) is 0 Å². The molecule has 2 aliphatic carbocycles. The fourth-order valence-corrected chi connectivity index (χ4v) is 4.23. The van der Waals surface area contributed by atoms with Crippen LogP contribution in [0.4, 0.5) is 0 Å². The normalized spacial score (nSPS) is 22.2. The van der Waals surface area contributed by atoms with Crippen LogP contribution >= 0.6 is 22.3 Å². The molecule has 1 unspecified atom stereocenters. The molecule has 1 aromatic rings. The summed E-state index contributed by atoms with van der Waals surface area (Å²) in [6.07, 6.45) is 4.23. The Hall–Kier alpha value is -0.260. The Morgan fingerprint density at radius 3 is 2.39 bits per heavy atom. The SMILES string of the molecule is CC(C1CC1)n1nc(C2CC2)c(S(=O)(=O)Cl)c1Cl. The van der Waals surface area contributed by atoms with E-state index in [0.717, 1.165) is 25.7 Å². The molecule has 2 aliphatic rings.